The number of rotatable bonds is 3. The molecule has 0 saturated heterocycles. The van der Waals surface area contributed by atoms with E-state index in [0.717, 1.165) is 12.8 Å². The number of aliphatic carboxylic acids is 1. The van der Waals surface area contributed by atoms with E-state index >= 15 is 0 Å². The molecule has 3 N–H and O–H groups in total. The second kappa shape index (κ2) is 5.03. The number of carbonyl (C=O) groups excluding carboxylic acids is 1. The van der Waals surface area contributed by atoms with E-state index in [9.17, 15) is 9.59 Å². The van der Waals surface area contributed by atoms with Gasteiger partial charge in [-0.2, -0.15) is 0 Å². The Morgan fingerprint density at radius 3 is 2.41 bits per heavy atom. The van der Waals surface area contributed by atoms with Crippen LogP contribution in [-0.2, 0) is 4.79 Å². The van der Waals surface area contributed by atoms with E-state index in [1.807, 2.05) is 12.2 Å². The standard InChI is InChI=1S/C12H16N2O3/c15-11(16)8-5-6-10(7-8)14-12(17)13-9-3-1-2-4-9/h1-2,5-6,8-10H,3-4,7H2,(H,15,16)(H2,13,14,17). The van der Waals surface area contributed by atoms with Gasteiger partial charge in [-0.15, -0.1) is 0 Å². The first-order valence-electron chi connectivity index (χ1n) is 5.78. The first-order valence-corrected chi connectivity index (χ1v) is 5.78. The predicted molar refractivity (Wildman–Crippen MR) is 62.5 cm³/mol. The first-order chi connectivity index (χ1) is 8.15. The molecular weight excluding hydrogens is 220 g/mol. The molecular formula is C12H16N2O3. The van der Waals surface area contributed by atoms with E-state index in [0.29, 0.717) is 6.42 Å². The summed E-state index contributed by atoms with van der Waals surface area (Å²) in [5, 5.41) is 14.4. The van der Waals surface area contributed by atoms with E-state index in [1.165, 1.54) is 0 Å². The van der Waals surface area contributed by atoms with Crippen molar-refractivity contribution in [2.24, 2.45) is 5.92 Å². The SMILES string of the molecule is O=C(NC1C=CC(C(=O)O)C1)NC1CC=CC1. The predicted octanol–water partition coefficient (Wildman–Crippen LogP) is 1.03. The van der Waals surface area contributed by atoms with Crippen LogP contribution in [0.3, 0.4) is 0 Å². The van der Waals surface area contributed by atoms with E-state index < -0.39 is 11.9 Å². The monoisotopic (exact) mass is 236 g/mol. The van der Waals surface area contributed by atoms with Gasteiger partial charge in [0.2, 0.25) is 0 Å². The van der Waals surface area contributed by atoms with Crippen LogP contribution in [0.2, 0.25) is 0 Å². The third kappa shape index (κ3) is 3.09. The average molecular weight is 236 g/mol. The Hall–Kier alpha value is -1.78. The molecule has 92 valence electrons. The van der Waals surface area contributed by atoms with E-state index in [1.54, 1.807) is 12.2 Å². The zero-order valence-corrected chi connectivity index (χ0v) is 9.43. The lowest BCUT2D eigenvalue weighted by molar-refractivity contribution is -0.140. The molecule has 2 aliphatic rings. The lowest BCUT2D eigenvalue weighted by Crippen LogP contribution is -2.44. The van der Waals surface area contributed by atoms with Gasteiger partial charge < -0.3 is 15.7 Å². The highest BCUT2D eigenvalue weighted by Crippen LogP contribution is 2.18. The van der Waals surface area contributed by atoms with Gasteiger partial charge in [-0.05, 0) is 19.3 Å². The first kappa shape index (κ1) is 11.7. The number of hydrogen-bond acceptors (Lipinski definition) is 2. The van der Waals surface area contributed by atoms with Crippen LogP contribution in [0.25, 0.3) is 0 Å². The van der Waals surface area contributed by atoms with Crippen LogP contribution in [0.4, 0.5) is 4.79 Å². The highest BCUT2D eigenvalue weighted by molar-refractivity contribution is 5.76. The molecule has 0 bridgehead atoms. The highest BCUT2D eigenvalue weighted by Gasteiger charge is 2.25. The zero-order chi connectivity index (χ0) is 12.3. The Morgan fingerprint density at radius 1 is 1.12 bits per heavy atom. The summed E-state index contributed by atoms with van der Waals surface area (Å²) < 4.78 is 0. The van der Waals surface area contributed by atoms with Gasteiger partial charge in [-0.25, -0.2) is 4.79 Å². The largest absolute Gasteiger partial charge is 0.481 e. The van der Waals surface area contributed by atoms with E-state index in [2.05, 4.69) is 10.6 Å². The Kier molecular flexibility index (Phi) is 3.46. The summed E-state index contributed by atoms with van der Waals surface area (Å²) >= 11 is 0. The number of carboxylic acids is 1. The maximum absolute atomic E-state index is 11.6. The second-order valence-corrected chi connectivity index (χ2v) is 4.43. The van der Waals surface area contributed by atoms with Crippen molar-refractivity contribution in [1.82, 2.24) is 10.6 Å². The summed E-state index contributed by atoms with van der Waals surface area (Å²) in [6.45, 7) is 0. The molecule has 2 rings (SSSR count). The van der Waals surface area contributed by atoms with Crippen molar-refractivity contribution in [3.63, 3.8) is 0 Å². The lowest BCUT2D eigenvalue weighted by atomic mass is 10.1. The molecule has 2 aliphatic carbocycles. The number of carbonyl (C=O) groups is 2. The summed E-state index contributed by atoms with van der Waals surface area (Å²) in [6, 6.07) is -0.222. The Balaban J connectivity index is 1.73. The fourth-order valence-electron chi connectivity index (χ4n) is 2.12. The molecule has 0 spiro atoms. The molecule has 17 heavy (non-hydrogen) atoms. The molecule has 0 radical (unpaired) electrons. The van der Waals surface area contributed by atoms with Crippen molar-refractivity contribution in [2.45, 2.75) is 31.3 Å². The van der Waals surface area contributed by atoms with Crippen molar-refractivity contribution >= 4 is 12.0 Å². The van der Waals surface area contributed by atoms with Gasteiger partial charge in [-0.3, -0.25) is 4.79 Å². The minimum Gasteiger partial charge on any atom is -0.481 e. The third-order valence-corrected chi connectivity index (χ3v) is 3.06. The average Bonchev–Trinajstić information content (AvgIpc) is 2.88. The topological polar surface area (TPSA) is 78.4 Å². The molecule has 0 aromatic heterocycles. The number of hydrogen-bond donors (Lipinski definition) is 3. The third-order valence-electron chi connectivity index (χ3n) is 3.06. The minimum absolute atomic E-state index is 0.175. The normalized spacial score (nSPS) is 27.3. The van der Waals surface area contributed by atoms with E-state index in [4.69, 9.17) is 5.11 Å². The van der Waals surface area contributed by atoms with Crippen molar-refractivity contribution in [3.05, 3.63) is 24.3 Å². The van der Waals surface area contributed by atoms with Crippen LogP contribution in [0.1, 0.15) is 19.3 Å². The summed E-state index contributed by atoms with van der Waals surface area (Å²) in [7, 11) is 0. The number of urea groups is 1. The Morgan fingerprint density at radius 2 is 1.82 bits per heavy atom. The van der Waals surface area contributed by atoms with Gasteiger partial charge in [0, 0.05) is 6.04 Å². The molecule has 2 unspecified atom stereocenters. The molecule has 5 nitrogen and oxygen atoms in total. The molecule has 0 aromatic carbocycles. The van der Waals surface area contributed by atoms with Crippen LogP contribution in [0.5, 0.6) is 0 Å². The van der Waals surface area contributed by atoms with Crippen LogP contribution in [0, 0.1) is 5.92 Å². The number of nitrogens with one attached hydrogen (secondary N) is 2. The van der Waals surface area contributed by atoms with Crippen LogP contribution < -0.4 is 10.6 Å². The number of carboxylic acid groups (broad SMARTS) is 1. The minimum atomic E-state index is -0.842. The quantitative estimate of drug-likeness (QED) is 0.640. The fourth-order valence-corrected chi connectivity index (χ4v) is 2.12. The van der Waals surface area contributed by atoms with Gasteiger partial charge in [-0.1, -0.05) is 24.3 Å². The molecule has 0 saturated carbocycles. The molecule has 5 heteroatoms. The zero-order valence-electron chi connectivity index (χ0n) is 9.43. The van der Waals surface area contributed by atoms with Crippen molar-refractivity contribution < 1.29 is 14.7 Å². The molecule has 2 amide bonds. The van der Waals surface area contributed by atoms with Crippen LogP contribution in [0.15, 0.2) is 24.3 Å². The van der Waals surface area contributed by atoms with Gasteiger partial charge in [0.1, 0.15) is 0 Å². The summed E-state index contributed by atoms with van der Waals surface area (Å²) in [6.07, 6.45) is 9.63. The Labute approximate surface area is 99.6 Å². The van der Waals surface area contributed by atoms with E-state index in [-0.39, 0.29) is 18.1 Å². The maximum atomic E-state index is 11.6. The summed E-state index contributed by atoms with van der Waals surface area (Å²) in [4.78, 5) is 22.3. The van der Waals surface area contributed by atoms with Crippen LogP contribution in [-0.4, -0.2) is 29.2 Å². The van der Waals surface area contributed by atoms with Crippen LogP contribution >= 0.6 is 0 Å². The van der Waals surface area contributed by atoms with Crippen molar-refractivity contribution in [2.75, 3.05) is 0 Å². The Bertz CT molecular complexity index is 368. The molecule has 0 aromatic rings. The number of amides is 2. The van der Waals surface area contributed by atoms with Gasteiger partial charge in [0.05, 0.1) is 12.0 Å². The lowest BCUT2D eigenvalue weighted by Gasteiger charge is -2.16. The smallest absolute Gasteiger partial charge is 0.315 e. The maximum Gasteiger partial charge on any atom is 0.315 e. The molecule has 0 fully saturated rings. The highest BCUT2D eigenvalue weighted by atomic mass is 16.4. The van der Waals surface area contributed by atoms with Crippen molar-refractivity contribution in [3.8, 4) is 0 Å². The fraction of sp³-hybridized carbons (Fsp3) is 0.500. The van der Waals surface area contributed by atoms with Crippen molar-refractivity contribution in [1.29, 1.82) is 0 Å². The van der Waals surface area contributed by atoms with Gasteiger partial charge in [0.25, 0.3) is 0 Å². The van der Waals surface area contributed by atoms with Gasteiger partial charge >= 0.3 is 12.0 Å². The van der Waals surface area contributed by atoms with Gasteiger partial charge in [0.15, 0.2) is 0 Å². The second-order valence-electron chi connectivity index (χ2n) is 4.43. The summed E-state index contributed by atoms with van der Waals surface area (Å²) in [5.41, 5.74) is 0. The molecule has 0 heterocycles. The summed E-state index contributed by atoms with van der Waals surface area (Å²) in [5.74, 6) is -1.32. The molecule has 0 aliphatic heterocycles. The molecule has 2 atom stereocenters.